The zero-order valence-electron chi connectivity index (χ0n) is 11.9. The summed E-state index contributed by atoms with van der Waals surface area (Å²) in [5, 5.41) is 5.07. The number of nitrogens with two attached hydrogens (primary N) is 1. The second-order valence-electron chi connectivity index (χ2n) is 4.75. The molecule has 0 aliphatic heterocycles. The van der Waals surface area contributed by atoms with E-state index in [1.807, 2.05) is 5.43 Å². The van der Waals surface area contributed by atoms with E-state index in [1.165, 1.54) is 0 Å². The number of nitrogens with one attached hydrogen (secondary N) is 1. The minimum Gasteiger partial charge on any atom is -0.287 e. The number of nitrogens with zero attached hydrogens (tertiary/aromatic N) is 2. The summed E-state index contributed by atoms with van der Waals surface area (Å²) in [6.07, 6.45) is 0. The van der Waals surface area contributed by atoms with Crippen LogP contribution in [-0.2, 0) is 0 Å². The first-order valence-electron chi connectivity index (χ1n) is 6.76. The van der Waals surface area contributed by atoms with Crippen LogP contribution in [0.1, 0.15) is 0 Å². The van der Waals surface area contributed by atoms with Crippen molar-refractivity contribution in [2.75, 3.05) is 5.01 Å². The zero-order chi connectivity index (χ0) is 16.4. The van der Waals surface area contributed by atoms with Crippen LogP contribution in [0.15, 0.2) is 69.3 Å². The fraction of sp³-hybridized carbons (Fsp3) is 0. The van der Waals surface area contributed by atoms with Gasteiger partial charge in [0.05, 0.1) is 5.69 Å². The Hall–Kier alpha value is -3.32. The first kappa shape index (κ1) is 14.6. The van der Waals surface area contributed by atoms with Crippen LogP contribution in [0.5, 0.6) is 0 Å². The molecule has 0 aromatic heterocycles. The van der Waals surface area contributed by atoms with Crippen LogP contribution in [0.4, 0.5) is 10.5 Å². The normalized spacial score (nSPS) is 10.5. The molecule has 3 N–H and O–H groups in total. The number of carbonyl (C=O) groups is 1. The van der Waals surface area contributed by atoms with Gasteiger partial charge in [-0.3, -0.25) is 15.0 Å². The van der Waals surface area contributed by atoms with Gasteiger partial charge in [0.15, 0.2) is 5.36 Å². The molecule has 114 valence electrons. The molecule has 0 radical (unpaired) electrons. The molecule has 0 bridgehead atoms. The van der Waals surface area contributed by atoms with Gasteiger partial charge in [-0.2, -0.15) is 10.1 Å². The van der Waals surface area contributed by atoms with E-state index in [-0.39, 0.29) is 16.1 Å². The highest BCUT2D eigenvalue weighted by atomic mass is 16.2. The maximum Gasteiger partial charge on any atom is 0.356 e. The Morgan fingerprint density at radius 3 is 1.96 bits per heavy atom. The molecular formula is C16H12N4O3. The van der Waals surface area contributed by atoms with E-state index < -0.39 is 16.9 Å². The maximum absolute atomic E-state index is 12.3. The van der Waals surface area contributed by atoms with Crippen LogP contribution in [-0.4, -0.2) is 6.03 Å². The fourth-order valence-corrected chi connectivity index (χ4v) is 2.28. The second-order valence-corrected chi connectivity index (χ2v) is 4.75. The summed E-state index contributed by atoms with van der Waals surface area (Å²) < 4.78 is 0. The van der Waals surface area contributed by atoms with Crippen molar-refractivity contribution in [1.82, 2.24) is 5.43 Å². The number of rotatable bonds is 2. The second kappa shape index (κ2) is 5.82. The molecule has 23 heavy (non-hydrogen) atoms. The third kappa shape index (κ3) is 2.49. The molecule has 0 fully saturated rings. The van der Waals surface area contributed by atoms with Crippen molar-refractivity contribution in [3.05, 3.63) is 80.4 Å². The Kier molecular flexibility index (Phi) is 3.70. The Labute approximate surface area is 129 Å². The van der Waals surface area contributed by atoms with Gasteiger partial charge in [-0.15, -0.1) is 0 Å². The number of para-hydroxylation sites is 1. The number of urea groups is 1. The van der Waals surface area contributed by atoms with E-state index in [1.54, 1.807) is 54.6 Å². The standard InChI is InChI=1S/C16H12N4O3/c17-18-16(23)20(10-6-2-1-3-7-10)19-13-14(21)11-8-4-5-9-12(11)15(13)22/h1-9H,17H2,(H,18,23). The van der Waals surface area contributed by atoms with E-state index in [2.05, 4.69) is 5.10 Å². The number of fused-ring (bicyclic) bond motifs is 1. The Morgan fingerprint density at radius 2 is 1.43 bits per heavy atom. The van der Waals surface area contributed by atoms with Crippen molar-refractivity contribution in [2.24, 2.45) is 10.9 Å². The lowest BCUT2D eigenvalue weighted by atomic mass is 10.2. The van der Waals surface area contributed by atoms with Gasteiger partial charge >= 0.3 is 6.03 Å². The molecule has 0 heterocycles. The van der Waals surface area contributed by atoms with Crippen molar-refractivity contribution >= 4 is 22.5 Å². The number of anilines is 1. The average Bonchev–Trinajstić information content (AvgIpc) is 2.84. The quantitative estimate of drug-likeness (QED) is 0.404. The molecule has 3 aromatic carbocycles. The lowest BCUT2D eigenvalue weighted by Crippen LogP contribution is -2.44. The van der Waals surface area contributed by atoms with Crippen molar-refractivity contribution in [3.8, 4) is 0 Å². The Bertz CT molecular complexity index is 971. The van der Waals surface area contributed by atoms with Crippen molar-refractivity contribution < 1.29 is 4.79 Å². The number of carbonyl (C=O) groups excluding carboxylic acids is 1. The van der Waals surface area contributed by atoms with Crippen LogP contribution in [0.3, 0.4) is 0 Å². The van der Waals surface area contributed by atoms with E-state index >= 15 is 0 Å². The number of hydrogen-bond acceptors (Lipinski definition) is 5. The molecule has 0 aliphatic carbocycles. The van der Waals surface area contributed by atoms with E-state index in [0.717, 1.165) is 5.01 Å². The fourth-order valence-electron chi connectivity index (χ4n) is 2.28. The van der Waals surface area contributed by atoms with E-state index in [0.29, 0.717) is 5.69 Å². The molecule has 3 rings (SSSR count). The van der Waals surface area contributed by atoms with Gasteiger partial charge in [-0.25, -0.2) is 10.6 Å². The summed E-state index contributed by atoms with van der Waals surface area (Å²) in [4.78, 5) is 36.6. The highest BCUT2D eigenvalue weighted by molar-refractivity contribution is 5.91. The van der Waals surface area contributed by atoms with Gasteiger partial charge in [0.25, 0.3) is 0 Å². The third-order valence-corrected chi connectivity index (χ3v) is 3.36. The van der Waals surface area contributed by atoms with Crippen LogP contribution < -0.4 is 32.5 Å². The largest absolute Gasteiger partial charge is 0.356 e. The monoisotopic (exact) mass is 308 g/mol. The van der Waals surface area contributed by atoms with Gasteiger partial charge in [-0.1, -0.05) is 42.5 Å². The number of amides is 2. The molecule has 3 aromatic rings. The molecule has 7 heteroatoms. The van der Waals surface area contributed by atoms with E-state index in [9.17, 15) is 14.4 Å². The molecule has 0 spiro atoms. The summed E-state index contributed by atoms with van der Waals surface area (Å²) in [5.74, 6) is 5.16. The van der Waals surface area contributed by atoms with Gasteiger partial charge in [0.2, 0.25) is 10.9 Å². The van der Waals surface area contributed by atoms with Crippen molar-refractivity contribution in [2.45, 2.75) is 0 Å². The third-order valence-electron chi connectivity index (χ3n) is 3.36. The first-order chi connectivity index (χ1) is 11.1. The molecule has 2 amide bonds. The summed E-state index contributed by atoms with van der Waals surface area (Å²) in [6.45, 7) is 0. The predicted octanol–water partition coefficient (Wildman–Crippen LogP) is 0.341. The number of hydrazine groups is 1. The van der Waals surface area contributed by atoms with Gasteiger partial charge in [0, 0.05) is 10.8 Å². The average molecular weight is 308 g/mol. The van der Waals surface area contributed by atoms with Crippen molar-refractivity contribution in [1.29, 1.82) is 0 Å². The Balaban J connectivity index is 2.28. The maximum atomic E-state index is 12.3. The number of benzene rings is 2. The lowest BCUT2D eigenvalue weighted by Gasteiger charge is -2.15. The molecule has 0 saturated heterocycles. The predicted molar refractivity (Wildman–Crippen MR) is 86.1 cm³/mol. The van der Waals surface area contributed by atoms with E-state index in [4.69, 9.17) is 5.84 Å². The van der Waals surface area contributed by atoms with Crippen LogP contribution in [0, 0.1) is 0 Å². The summed E-state index contributed by atoms with van der Waals surface area (Å²) >= 11 is 0. The minimum absolute atomic E-state index is 0.275. The van der Waals surface area contributed by atoms with Gasteiger partial charge < -0.3 is 0 Å². The minimum atomic E-state index is -0.764. The SMILES string of the molecule is NNC(=O)N(N=c1c(=O)c2ccccc2c1=O)c1ccccc1. The van der Waals surface area contributed by atoms with Crippen LogP contribution in [0.25, 0.3) is 10.8 Å². The molecule has 0 saturated carbocycles. The zero-order valence-corrected chi connectivity index (χ0v) is 11.9. The summed E-state index contributed by atoms with van der Waals surface area (Å²) in [6, 6.07) is 14.0. The summed E-state index contributed by atoms with van der Waals surface area (Å²) in [5.41, 5.74) is 1.29. The smallest absolute Gasteiger partial charge is 0.287 e. The molecule has 7 nitrogen and oxygen atoms in total. The van der Waals surface area contributed by atoms with Crippen LogP contribution >= 0.6 is 0 Å². The van der Waals surface area contributed by atoms with Gasteiger partial charge in [-0.05, 0) is 12.1 Å². The van der Waals surface area contributed by atoms with Gasteiger partial charge in [0.1, 0.15) is 0 Å². The Morgan fingerprint density at radius 1 is 0.913 bits per heavy atom. The molecule has 0 unspecified atom stereocenters. The highest BCUT2D eigenvalue weighted by Gasteiger charge is 2.16. The highest BCUT2D eigenvalue weighted by Crippen LogP contribution is 2.13. The van der Waals surface area contributed by atoms with Crippen LogP contribution in [0.2, 0.25) is 0 Å². The molecule has 0 aliphatic rings. The molecular weight excluding hydrogens is 296 g/mol. The van der Waals surface area contributed by atoms with Crippen molar-refractivity contribution in [3.63, 3.8) is 0 Å². The lowest BCUT2D eigenvalue weighted by molar-refractivity contribution is 0.246. The topological polar surface area (TPSA) is 105 Å². The number of hydrogen-bond donors (Lipinski definition) is 2. The molecule has 0 atom stereocenters. The summed E-state index contributed by atoms with van der Waals surface area (Å²) in [7, 11) is 0. The first-order valence-corrected chi connectivity index (χ1v) is 6.76.